The lowest BCUT2D eigenvalue weighted by Crippen LogP contribution is -2.06. The van der Waals surface area contributed by atoms with Crippen LogP contribution in [-0.4, -0.2) is 5.78 Å². The molecule has 0 atom stereocenters. The molecule has 0 aliphatic heterocycles. The van der Waals surface area contributed by atoms with Gasteiger partial charge in [-0.3, -0.25) is 4.79 Å². The molecule has 0 amide bonds. The number of carbonyl (C=O) groups excluding carboxylic acids is 1. The third-order valence-corrected chi connectivity index (χ3v) is 3.52. The van der Waals surface area contributed by atoms with Crippen molar-refractivity contribution in [2.75, 3.05) is 5.73 Å². The molecule has 1 aromatic rings. The number of carbonyl (C=O) groups is 1. The first-order chi connectivity index (χ1) is 9.20. The molecule has 0 fully saturated rings. The molecule has 0 saturated carbocycles. The number of Topliss-reactive ketones (excluding diaryl/α,β-unsaturated/α-hetero) is 1. The zero-order chi connectivity index (χ0) is 14.1. The molecule has 1 rings (SSSR count). The van der Waals surface area contributed by atoms with E-state index < -0.39 is 0 Å². The number of hydrogen-bond donors (Lipinski definition) is 1. The number of nitrogens with two attached hydrogens (primary N) is 1. The quantitative estimate of drug-likeness (QED) is 0.395. The van der Waals surface area contributed by atoms with E-state index in [0.29, 0.717) is 12.1 Å². The van der Waals surface area contributed by atoms with Crippen LogP contribution in [0.2, 0.25) is 0 Å². The summed E-state index contributed by atoms with van der Waals surface area (Å²) in [6.07, 6.45) is 8.49. The van der Waals surface area contributed by atoms with E-state index in [4.69, 9.17) is 5.73 Å². The van der Waals surface area contributed by atoms with E-state index in [9.17, 15) is 4.79 Å². The molecule has 2 nitrogen and oxygen atoms in total. The van der Waals surface area contributed by atoms with E-state index in [1.165, 1.54) is 19.3 Å². The zero-order valence-corrected chi connectivity index (χ0v) is 12.4. The molecule has 0 bridgehead atoms. The second-order valence-corrected chi connectivity index (χ2v) is 5.22. The molecule has 0 spiro atoms. The fraction of sp³-hybridized carbons (Fsp3) is 0.588. The number of ketones is 1. The minimum atomic E-state index is 0.201. The molecule has 1 aromatic carbocycles. The molecule has 2 N–H and O–H groups in total. The highest BCUT2D eigenvalue weighted by molar-refractivity contribution is 6.01. The highest BCUT2D eigenvalue weighted by Crippen LogP contribution is 2.21. The summed E-state index contributed by atoms with van der Waals surface area (Å²) in [6, 6.07) is 5.84. The molecule has 19 heavy (non-hydrogen) atoms. The Kier molecular flexibility index (Phi) is 7.24. The van der Waals surface area contributed by atoms with Gasteiger partial charge in [0.25, 0.3) is 0 Å². The average molecular weight is 261 g/mol. The second-order valence-electron chi connectivity index (χ2n) is 5.22. The maximum absolute atomic E-state index is 12.2. The van der Waals surface area contributed by atoms with Crippen LogP contribution in [0.1, 0.15) is 74.7 Å². The number of hydrogen-bond acceptors (Lipinski definition) is 2. The van der Waals surface area contributed by atoms with Gasteiger partial charge in [-0.1, -0.05) is 58.1 Å². The van der Waals surface area contributed by atoms with Crippen molar-refractivity contribution in [3.8, 4) is 0 Å². The molecule has 106 valence electrons. The fourth-order valence-corrected chi connectivity index (χ4v) is 2.37. The summed E-state index contributed by atoms with van der Waals surface area (Å²) in [4.78, 5) is 12.2. The van der Waals surface area contributed by atoms with Crippen LogP contribution in [0.5, 0.6) is 0 Å². The Balaban J connectivity index is 2.54. The van der Waals surface area contributed by atoms with Gasteiger partial charge in [0.15, 0.2) is 5.78 Å². The van der Waals surface area contributed by atoms with E-state index in [1.54, 1.807) is 0 Å². The van der Waals surface area contributed by atoms with Crippen molar-refractivity contribution >= 4 is 11.5 Å². The van der Waals surface area contributed by atoms with Crippen LogP contribution in [0.4, 0.5) is 5.69 Å². The number of unbranched alkanes of at least 4 members (excludes halogenated alkanes) is 4. The third-order valence-electron chi connectivity index (χ3n) is 3.52. The summed E-state index contributed by atoms with van der Waals surface area (Å²) in [5.74, 6) is 0.201. The number of benzene rings is 1. The Morgan fingerprint density at radius 1 is 1.05 bits per heavy atom. The average Bonchev–Trinajstić information content (AvgIpc) is 2.41. The summed E-state index contributed by atoms with van der Waals surface area (Å²) < 4.78 is 0. The van der Waals surface area contributed by atoms with Gasteiger partial charge in [0.1, 0.15) is 0 Å². The van der Waals surface area contributed by atoms with Crippen molar-refractivity contribution in [1.29, 1.82) is 0 Å². The van der Waals surface area contributed by atoms with Gasteiger partial charge < -0.3 is 5.73 Å². The van der Waals surface area contributed by atoms with Gasteiger partial charge in [0, 0.05) is 17.7 Å². The Morgan fingerprint density at radius 3 is 2.47 bits per heavy atom. The first-order valence-electron chi connectivity index (χ1n) is 7.61. The minimum absolute atomic E-state index is 0.201. The Morgan fingerprint density at radius 2 is 1.79 bits per heavy atom. The predicted octanol–water partition coefficient (Wildman–Crippen LogP) is 4.76. The first kappa shape index (κ1) is 15.7. The Labute approximate surface area is 117 Å². The van der Waals surface area contributed by atoms with Gasteiger partial charge in [-0.05, 0) is 24.5 Å². The molecule has 0 aromatic heterocycles. The van der Waals surface area contributed by atoms with E-state index in [-0.39, 0.29) is 5.78 Å². The number of anilines is 1. The molecule has 2 heteroatoms. The van der Waals surface area contributed by atoms with E-state index >= 15 is 0 Å². The van der Waals surface area contributed by atoms with Crippen LogP contribution < -0.4 is 5.73 Å². The van der Waals surface area contributed by atoms with Crippen molar-refractivity contribution in [3.63, 3.8) is 0 Å². The Bertz CT molecular complexity index is 398. The normalized spacial score (nSPS) is 10.6. The summed E-state index contributed by atoms with van der Waals surface area (Å²) in [5, 5.41) is 0. The number of rotatable bonds is 9. The monoisotopic (exact) mass is 261 g/mol. The second kappa shape index (κ2) is 8.73. The maximum atomic E-state index is 12.2. The van der Waals surface area contributed by atoms with E-state index in [1.807, 2.05) is 18.2 Å². The highest BCUT2D eigenvalue weighted by atomic mass is 16.1. The molecule has 0 heterocycles. The van der Waals surface area contributed by atoms with Crippen LogP contribution in [0, 0.1) is 0 Å². The topological polar surface area (TPSA) is 43.1 Å². The van der Waals surface area contributed by atoms with Crippen LogP contribution in [0.25, 0.3) is 0 Å². The van der Waals surface area contributed by atoms with Crippen molar-refractivity contribution < 1.29 is 4.79 Å². The lowest BCUT2D eigenvalue weighted by Gasteiger charge is -2.09. The van der Waals surface area contributed by atoms with Gasteiger partial charge in [0.05, 0.1) is 0 Å². The van der Waals surface area contributed by atoms with Gasteiger partial charge in [-0.15, -0.1) is 0 Å². The molecule has 0 aliphatic carbocycles. The highest BCUT2D eigenvalue weighted by Gasteiger charge is 2.11. The van der Waals surface area contributed by atoms with Crippen LogP contribution in [0.15, 0.2) is 18.2 Å². The first-order valence-corrected chi connectivity index (χ1v) is 7.61. The molecule has 0 unspecified atom stereocenters. The summed E-state index contributed by atoms with van der Waals surface area (Å²) in [6.45, 7) is 4.33. The third kappa shape index (κ3) is 5.06. The Hall–Kier alpha value is -1.31. The lowest BCUT2D eigenvalue weighted by molar-refractivity contribution is 0.0980. The van der Waals surface area contributed by atoms with E-state index in [0.717, 1.165) is 36.8 Å². The number of para-hydroxylation sites is 1. The van der Waals surface area contributed by atoms with Gasteiger partial charge >= 0.3 is 0 Å². The zero-order valence-electron chi connectivity index (χ0n) is 12.4. The SMILES string of the molecule is CCCCCCCC(=O)c1cccc(CCC)c1N. The molecule has 0 saturated heterocycles. The van der Waals surface area contributed by atoms with Crippen molar-refractivity contribution in [2.24, 2.45) is 0 Å². The lowest BCUT2D eigenvalue weighted by atomic mass is 9.98. The van der Waals surface area contributed by atoms with Gasteiger partial charge in [-0.2, -0.15) is 0 Å². The standard InChI is InChI=1S/C17H27NO/c1-3-5-6-7-8-13-16(19)15-12-9-11-14(10-4-2)17(15)18/h9,11-12H,3-8,10,13,18H2,1-2H3. The molecule has 0 radical (unpaired) electrons. The van der Waals surface area contributed by atoms with Crippen LogP contribution in [0.3, 0.4) is 0 Å². The van der Waals surface area contributed by atoms with E-state index in [2.05, 4.69) is 13.8 Å². The van der Waals surface area contributed by atoms with Crippen molar-refractivity contribution in [3.05, 3.63) is 29.3 Å². The summed E-state index contributed by atoms with van der Waals surface area (Å²) >= 11 is 0. The van der Waals surface area contributed by atoms with Crippen LogP contribution >= 0.6 is 0 Å². The van der Waals surface area contributed by atoms with Gasteiger partial charge in [-0.25, -0.2) is 0 Å². The number of nitrogen functional groups attached to an aromatic ring is 1. The molecular formula is C17H27NO. The fourth-order valence-electron chi connectivity index (χ4n) is 2.37. The molecular weight excluding hydrogens is 234 g/mol. The largest absolute Gasteiger partial charge is 0.398 e. The number of aryl methyl sites for hydroxylation is 1. The van der Waals surface area contributed by atoms with Crippen molar-refractivity contribution in [1.82, 2.24) is 0 Å². The van der Waals surface area contributed by atoms with Crippen molar-refractivity contribution in [2.45, 2.75) is 65.2 Å². The molecule has 0 aliphatic rings. The summed E-state index contributed by atoms with van der Waals surface area (Å²) in [7, 11) is 0. The maximum Gasteiger partial charge on any atom is 0.164 e. The van der Waals surface area contributed by atoms with Gasteiger partial charge in [0.2, 0.25) is 0 Å². The predicted molar refractivity (Wildman–Crippen MR) is 82.6 cm³/mol. The smallest absolute Gasteiger partial charge is 0.164 e. The minimum Gasteiger partial charge on any atom is -0.398 e. The summed E-state index contributed by atoms with van der Waals surface area (Å²) in [5.41, 5.74) is 8.63. The van der Waals surface area contributed by atoms with Crippen LogP contribution in [-0.2, 0) is 6.42 Å².